The molecule has 2 heterocycles. The molecule has 0 radical (unpaired) electrons. The van der Waals surface area contributed by atoms with Gasteiger partial charge in [-0.05, 0) is 12.1 Å². The Balaban J connectivity index is 0.00000147. The molecule has 2 aromatic heterocycles. The van der Waals surface area contributed by atoms with Crippen molar-refractivity contribution < 1.29 is 21.5 Å². The minimum absolute atomic E-state index is 0. The van der Waals surface area contributed by atoms with Crippen LogP contribution in [0.2, 0.25) is 5.02 Å². The highest BCUT2D eigenvalue weighted by Crippen LogP contribution is 2.16. The lowest BCUT2D eigenvalue weighted by Crippen LogP contribution is -3.00. The number of para-hydroxylation sites is 1. The molecule has 0 aliphatic rings. The first-order valence-electron chi connectivity index (χ1n) is 6.01. The molecule has 3 aromatic rings. The Morgan fingerprint density at radius 2 is 1.90 bits per heavy atom. The summed E-state index contributed by atoms with van der Waals surface area (Å²) < 4.78 is 1.92. The molecular weight excluding hydrogens is 338 g/mol. The van der Waals surface area contributed by atoms with Crippen LogP contribution in [0.3, 0.4) is 0 Å². The summed E-state index contributed by atoms with van der Waals surface area (Å²) in [4.78, 5) is 4.44. The van der Waals surface area contributed by atoms with E-state index in [1.165, 1.54) is 0 Å². The molecule has 20 heavy (non-hydrogen) atoms. The maximum atomic E-state index is 6.01. The normalized spacial score (nSPS) is 10.2. The summed E-state index contributed by atoms with van der Waals surface area (Å²) in [7, 11) is 0. The van der Waals surface area contributed by atoms with Gasteiger partial charge in [-0.25, -0.2) is 4.57 Å². The highest BCUT2D eigenvalue weighted by molar-refractivity contribution is 6.30. The number of hydrogen-bond donors (Lipinski definition) is 1. The molecule has 0 spiro atoms. The van der Waals surface area contributed by atoms with Crippen LogP contribution in [0, 0.1) is 0 Å². The Kier molecular flexibility index (Phi) is 4.57. The summed E-state index contributed by atoms with van der Waals surface area (Å²) in [5.41, 5.74) is 8.08. The third-order valence-corrected chi connectivity index (χ3v) is 3.30. The van der Waals surface area contributed by atoms with Gasteiger partial charge in [0.05, 0.1) is 10.5 Å². The number of benzene rings is 1. The second-order valence-corrected chi connectivity index (χ2v) is 4.83. The molecule has 1 aromatic carbocycles. The molecule has 0 bridgehead atoms. The van der Waals surface area contributed by atoms with Crippen molar-refractivity contribution in [1.29, 1.82) is 0 Å². The van der Waals surface area contributed by atoms with E-state index >= 15 is 0 Å². The van der Waals surface area contributed by atoms with Crippen molar-refractivity contribution in [3.8, 4) is 0 Å². The van der Waals surface area contributed by atoms with Crippen LogP contribution in [-0.2, 0) is 6.54 Å². The highest BCUT2D eigenvalue weighted by Gasteiger charge is 2.09. The van der Waals surface area contributed by atoms with Crippen LogP contribution in [0.1, 0.15) is 5.56 Å². The molecule has 0 aliphatic heterocycles. The van der Waals surface area contributed by atoms with E-state index in [0.29, 0.717) is 17.4 Å². The highest BCUT2D eigenvalue weighted by atomic mass is 79.9. The van der Waals surface area contributed by atoms with Crippen LogP contribution in [0.5, 0.6) is 0 Å². The average Bonchev–Trinajstić information content (AvgIpc) is 2.43. The number of aromatic nitrogens is 2. The summed E-state index contributed by atoms with van der Waals surface area (Å²) in [5, 5.41) is 1.79. The molecule has 2 N–H and O–H groups in total. The van der Waals surface area contributed by atoms with Gasteiger partial charge in [0, 0.05) is 23.2 Å². The number of rotatable bonds is 2. The zero-order valence-electron chi connectivity index (χ0n) is 10.6. The minimum Gasteiger partial charge on any atom is -1.00 e. The van der Waals surface area contributed by atoms with Gasteiger partial charge in [0.15, 0.2) is 0 Å². The van der Waals surface area contributed by atoms with Gasteiger partial charge in [-0.15, -0.1) is 0 Å². The summed E-state index contributed by atoms with van der Waals surface area (Å²) in [6.07, 6.45) is 3.64. The third-order valence-electron chi connectivity index (χ3n) is 3.08. The molecule has 3 nitrogen and oxygen atoms in total. The number of nitrogen functional groups attached to an aromatic ring is 1. The first kappa shape index (κ1) is 14.8. The predicted octanol–water partition coefficient (Wildman–Crippen LogP) is -0.190. The van der Waals surface area contributed by atoms with Gasteiger partial charge in [0.2, 0.25) is 0 Å². The summed E-state index contributed by atoms with van der Waals surface area (Å²) in [6, 6.07) is 13.7. The zero-order chi connectivity index (χ0) is 13.2. The Labute approximate surface area is 132 Å². The number of anilines is 1. The maximum absolute atomic E-state index is 6.01. The standard InChI is InChI=1S/C15H12ClN3.BrH/c16-13-6-7-14(17)19(10-13)9-12-4-1-3-11-5-2-8-18-15(11)12;/h1-8,10,17H,9H2;1H. The van der Waals surface area contributed by atoms with E-state index in [2.05, 4.69) is 23.2 Å². The van der Waals surface area contributed by atoms with E-state index in [9.17, 15) is 0 Å². The second-order valence-electron chi connectivity index (χ2n) is 4.39. The summed E-state index contributed by atoms with van der Waals surface area (Å²) in [5.74, 6) is 0.678. The van der Waals surface area contributed by atoms with Crippen molar-refractivity contribution in [2.24, 2.45) is 0 Å². The Morgan fingerprint density at radius 1 is 1.10 bits per heavy atom. The first-order valence-corrected chi connectivity index (χ1v) is 6.39. The van der Waals surface area contributed by atoms with Crippen LogP contribution in [-0.4, -0.2) is 4.98 Å². The van der Waals surface area contributed by atoms with Crippen LogP contribution < -0.4 is 27.3 Å². The number of fused-ring (bicyclic) bond motifs is 1. The number of nitrogens with two attached hydrogens (primary N) is 1. The Hall–Kier alpha value is -1.65. The number of halogens is 2. The van der Waals surface area contributed by atoms with Crippen molar-refractivity contribution >= 4 is 28.3 Å². The van der Waals surface area contributed by atoms with Gasteiger partial charge in [0.1, 0.15) is 12.7 Å². The van der Waals surface area contributed by atoms with E-state index < -0.39 is 0 Å². The van der Waals surface area contributed by atoms with E-state index in [0.717, 1.165) is 16.5 Å². The van der Waals surface area contributed by atoms with Gasteiger partial charge in [-0.1, -0.05) is 35.9 Å². The molecule has 0 atom stereocenters. The lowest BCUT2D eigenvalue weighted by molar-refractivity contribution is -0.673. The van der Waals surface area contributed by atoms with Gasteiger partial charge in [0.25, 0.3) is 5.82 Å². The molecular formula is C15H13BrClN3. The molecule has 0 amide bonds. The Bertz CT molecular complexity index is 741. The molecule has 0 saturated carbocycles. The summed E-state index contributed by atoms with van der Waals surface area (Å²) in [6.45, 7) is 0.654. The first-order chi connectivity index (χ1) is 9.24. The maximum Gasteiger partial charge on any atom is 0.272 e. The molecule has 0 unspecified atom stereocenters. The fraction of sp³-hybridized carbons (Fsp3) is 0.0667. The van der Waals surface area contributed by atoms with Crippen molar-refractivity contribution in [2.75, 3.05) is 5.73 Å². The average molecular weight is 351 g/mol. The fourth-order valence-corrected chi connectivity index (χ4v) is 2.32. The number of pyridine rings is 2. The van der Waals surface area contributed by atoms with Crippen molar-refractivity contribution in [3.05, 3.63) is 65.4 Å². The quantitative estimate of drug-likeness (QED) is 0.651. The van der Waals surface area contributed by atoms with Crippen molar-refractivity contribution in [2.45, 2.75) is 6.54 Å². The van der Waals surface area contributed by atoms with Crippen molar-refractivity contribution in [3.63, 3.8) is 0 Å². The number of hydrogen-bond acceptors (Lipinski definition) is 2. The topological polar surface area (TPSA) is 42.8 Å². The molecule has 0 fully saturated rings. The lowest BCUT2D eigenvalue weighted by Gasteiger charge is -2.06. The molecule has 0 aliphatic carbocycles. The van der Waals surface area contributed by atoms with E-state index in [1.54, 1.807) is 18.3 Å². The monoisotopic (exact) mass is 349 g/mol. The molecule has 5 heteroatoms. The fourth-order valence-electron chi connectivity index (χ4n) is 2.14. The second kappa shape index (κ2) is 6.20. The van der Waals surface area contributed by atoms with Crippen LogP contribution >= 0.6 is 11.6 Å². The predicted molar refractivity (Wildman–Crippen MR) is 76.9 cm³/mol. The van der Waals surface area contributed by atoms with E-state index in [4.69, 9.17) is 17.3 Å². The smallest absolute Gasteiger partial charge is 0.272 e. The van der Waals surface area contributed by atoms with Gasteiger partial charge in [-0.2, -0.15) is 0 Å². The third kappa shape index (κ3) is 2.92. The summed E-state index contributed by atoms with van der Waals surface area (Å²) >= 11 is 6.01. The molecule has 3 rings (SSSR count). The zero-order valence-corrected chi connectivity index (χ0v) is 13.0. The number of nitrogens with zero attached hydrogens (tertiary/aromatic N) is 2. The van der Waals surface area contributed by atoms with Crippen LogP contribution in [0.25, 0.3) is 10.9 Å². The minimum atomic E-state index is 0. The molecule has 0 saturated heterocycles. The van der Waals surface area contributed by atoms with Gasteiger partial charge >= 0.3 is 0 Å². The van der Waals surface area contributed by atoms with E-state index in [1.807, 2.05) is 22.9 Å². The van der Waals surface area contributed by atoms with Gasteiger partial charge in [-0.3, -0.25) is 10.7 Å². The largest absolute Gasteiger partial charge is 1.00 e. The van der Waals surface area contributed by atoms with Crippen molar-refractivity contribution in [1.82, 2.24) is 4.98 Å². The SMILES string of the molecule is Nc1ccc(Cl)c[n+]1Cc1cccc2cccnc12.[Br-]. The van der Waals surface area contributed by atoms with E-state index in [-0.39, 0.29) is 17.0 Å². The molecule has 102 valence electrons. The van der Waals surface area contributed by atoms with Gasteiger partial charge < -0.3 is 17.0 Å². The Morgan fingerprint density at radius 3 is 2.75 bits per heavy atom. The van der Waals surface area contributed by atoms with Crippen LogP contribution in [0.4, 0.5) is 5.82 Å². The van der Waals surface area contributed by atoms with Crippen LogP contribution in [0.15, 0.2) is 54.9 Å². The lowest BCUT2D eigenvalue weighted by atomic mass is 10.1.